The van der Waals surface area contributed by atoms with E-state index in [0.717, 1.165) is 25.1 Å². The van der Waals surface area contributed by atoms with Crippen molar-refractivity contribution < 1.29 is 0 Å². The molecule has 1 atom stereocenters. The molecule has 1 N–H and O–H groups in total. The van der Waals surface area contributed by atoms with Gasteiger partial charge in [0, 0.05) is 6.54 Å². The fraction of sp³-hybridized carbons (Fsp3) is 0.588. The maximum absolute atomic E-state index is 9.76. The molecule has 0 amide bonds. The number of hydrogen-bond donors (Lipinski definition) is 1. The highest BCUT2D eigenvalue weighted by molar-refractivity contribution is 5.31. The molecule has 3 nitrogen and oxygen atoms in total. The lowest BCUT2D eigenvalue weighted by molar-refractivity contribution is 0.206. The van der Waals surface area contributed by atoms with Crippen LogP contribution in [-0.4, -0.2) is 31.1 Å². The van der Waals surface area contributed by atoms with Gasteiger partial charge < -0.3 is 4.90 Å². The van der Waals surface area contributed by atoms with E-state index in [1.807, 2.05) is 18.2 Å². The van der Waals surface area contributed by atoms with Crippen LogP contribution >= 0.6 is 0 Å². The normalized spacial score (nSPS) is 19.2. The van der Waals surface area contributed by atoms with Gasteiger partial charge in [-0.15, -0.1) is 0 Å². The zero-order chi connectivity index (χ0) is 14.3. The molecule has 1 unspecified atom stereocenters. The van der Waals surface area contributed by atoms with E-state index in [1.54, 1.807) is 0 Å². The quantitative estimate of drug-likeness (QED) is 0.864. The van der Waals surface area contributed by atoms with Crippen molar-refractivity contribution in [2.45, 2.75) is 38.1 Å². The number of rotatable bonds is 6. The Kier molecular flexibility index (Phi) is 5.58. The van der Waals surface area contributed by atoms with Crippen LogP contribution < -0.4 is 5.32 Å². The van der Waals surface area contributed by atoms with Crippen LogP contribution in [0.2, 0.25) is 0 Å². The Bertz CT molecular complexity index is 431. The highest BCUT2D eigenvalue weighted by Crippen LogP contribution is 2.25. The number of hydrogen-bond acceptors (Lipinski definition) is 3. The van der Waals surface area contributed by atoms with Crippen LogP contribution in [0.3, 0.4) is 0 Å². The van der Waals surface area contributed by atoms with Crippen molar-refractivity contribution >= 4 is 0 Å². The standard InChI is InChI=1S/C17H25N3/c1-2-19-17(15-18,16-9-5-3-6-10-16)11-14-20-12-7-4-8-13-20/h3,5-6,9-10,19H,2,4,7-8,11-14H2,1H3. The molecule has 1 aromatic rings. The summed E-state index contributed by atoms with van der Waals surface area (Å²) in [5.74, 6) is 0. The molecule has 20 heavy (non-hydrogen) atoms. The Morgan fingerprint density at radius 2 is 1.90 bits per heavy atom. The lowest BCUT2D eigenvalue weighted by Crippen LogP contribution is -2.44. The monoisotopic (exact) mass is 271 g/mol. The van der Waals surface area contributed by atoms with E-state index in [9.17, 15) is 5.26 Å². The van der Waals surface area contributed by atoms with Gasteiger partial charge in [-0.05, 0) is 44.5 Å². The minimum absolute atomic E-state index is 0.548. The number of nitrogens with one attached hydrogen (secondary N) is 1. The summed E-state index contributed by atoms with van der Waals surface area (Å²) < 4.78 is 0. The Balaban J connectivity index is 2.08. The first-order valence-electron chi connectivity index (χ1n) is 7.75. The molecule has 0 spiro atoms. The van der Waals surface area contributed by atoms with Crippen molar-refractivity contribution in [3.63, 3.8) is 0 Å². The van der Waals surface area contributed by atoms with E-state index in [2.05, 4.69) is 35.3 Å². The van der Waals surface area contributed by atoms with Crippen molar-refractivity contribution in [1.29, 1.82) is 5.26 Å². The van der Waals surface area contributed by atoms with Crippen LogP contribution in [-0.2, 0) is 5.54 Å². The average Bonchev–Trinajstić information content (AvgIpc) is 2.53. The minimum Gasteiger partial charge on any atom is -0.303 e. The van der Waals surface area contributed by atoms with E-state index in [0.29, 0.717) is 0 Å². The third-order valence-electron chi connectivity index (χ3n) is 4.19. The molecule has 3 heteroatoms. The first-order chi connectivity index (χ1) is 9.80. The zero-order valence-electron chi connectivity index (χ0n) is 12.4. The molecule has 1 heterocycles. The molecule has 0 saturated carbocycles. The third kappa shape index (κ3) is 3.59. The third-order valence-corrected chi connectivity index (χ3v) is 4.19. The van der Waals surface area contributed by atoms with Gasteiger partial charge in [-0.25, -0.2) is 0 Å². The molecule has 1 fully saturated rings. The van der Waals surface area contributed by atoms with Gasteiger partial charge in [0.25, 0.3) is 0 Å². The summed E-state index contributed by atoms with van der Waals surface area (Å²) in [5.41, 5.74) is 0.536. The van der Waals surface area contributed by atoms with Crippen molar-refractivity contribution in [1.82, 2.24) is 10.2 Å². The molecule has 0 aromatic heterocycles. The second-order valence-electron chi connectivity index (χ2n) is 5.57. The van der Waals surface area contributed by atoms with Crippen molar-refractivity contribution in [3.05, 3.63) is 35.9 Å². The molecule has 2 rings (SSSR count). The molecule has 0 radical (unpaired) electrons. The minimum atomic E-state index is -0.548. The Hall–Kier alpha value is -1.37. The van der Waals surface area contributed by atoms with Gasteiger partial charge in [-0.2, -0.15) is 5.26 Å². The molecule has 108 valence electrons. The van der Waals surface area contributed by atoms with Gasteiger partial charge in [0.2, 0.25) is 0 Å². The lowest BCUT2D eigenvalue weighted by atomic mass is 9.87. The Morgan fingerprint density at radius 1 is 1.20 bits per heavy atom. The number of piperidine rings is 1. The maximum atomic E-state index is 9.76. The summed E-state index contributed by atoms with van der Waals surface area (Å²) in [5, 5.41) is 13.2. The Morgan fingerprint density at radius 3 is 2.50 bits per heavy atom. The molecule has 1 saturated heterocycles. The predicted octanol–water partition coefficient (Wildman–Crippen LogP) is 2.89. The van der Waals surface area contributed by atoms with Gasteiger partial charge in [-0.3, -0.25) is 5.32 Å². The fourth-order valence-electron chi connectivity index (χ4n) is 3.03. The lowest BCUT2D eigenvalue weighted by Gasteiger charge is -2.33. The highest BCUT2D eigenvalue weighted by atomic mass is 15.1. The Labute approximate surface area is 122 Å². The van der Waals surface area contributed by atoms with Gasteiger partial charge in [0.15, 0.2) is 0 Å². The van der Waals surface area contributed by atoms with E-state index in [4.69, 9.17) is 0 Å². The van der Waals surface area contributed by atoms with E-state index in [-0.39, 0.29) is 0 Å². The summed E-state index contributed by atoms with van der Waals surface area (Å²) in [7, 11) is 0. The van der Waals surface area contributed by atoms with Gasteiger partial charge in [-0.1, -0.05) is 43.7 Å². The molecule has 0 aliphatic carbocycles. The van der Waals surface area contributed by atoms with Crippen LogP contribution in [0.5, 0.6) is 0 Å². The fourth-order valence-corrected chi connectivity index (χ4v) is 3.03. The number of benzene rings is 1. The summed E-state index contributed by atoms with van der Waals surface area (Å²) >= 11 is 0. The number of likely N-dealkylation sites (tertiary alicyclic amines) is 1. The number of nitriles is 1. The topological polar surface area (TPSA) is 39.1 Å². The van der Waals surface area contributed by atoms with Gasteiger partial charge >= 0.3 is 0 Å². The summed E-state index contributed by atoms with van der Waals surface area (Å²) in [6.45, 7) is 6.23. The number of nitrogens with zero attached hydrogens (tertiary/aromatic N) is 2. The highest BCUT2D eigenvalue weighted by Gasteiger charge is 2.31. The second-order valence-corrected chi connectivity index (χ2v) is 5.57. The SMILES string of the molecule is CCNC(C#N)(CCN1CCCCC1)c1ccccc1. The second kappa shape index (κ2) is 7.42. The summed E-state index contributed by atoms with van der Waals surface area (Å²) in [6, 6.07) is 12.7. The van der Waals surface area contributed by atoms with Crippen LogP contribution in [0.25, 0.3) is 0 Å². The molecule has 1 aliphatic heterocycles. The van der Waals surface area contributed by atoms with Gasteiger partial charge in [0.05, 0.1) is 6.07 Å². The molecule has 0 bridgehead atoms. The summed E-state index contributed by atoms with van der Waals surface area (Å²) in [4.78, 5) is 2.50. The van der Waals surface area contributed by atoms with Crippen molar-refractivity contribution in [3.8, 4) is 6.07 Å². The van der Waals surface area contributed by atoms with E-state index >= 15 is 0 Å². The van der Waals surface area contributed by atoms with Crippen molar-refractivity contribution in [2.24, 2.45) is 0 Å². The van der Waals surface area contributed by atoms with Crippen LogP contribution in [0, 0.1) is 11.3 Å². The van der Waals surface area contributed by atoms with E-state index < -0.39 is 5.54 Å². The molecule has 1 aromatic carbocycles. The molecule has 1 aliphatic rings. The molecular weight excluding hydrogens is 246 g/mol. The molecular formula is C17H25N3. The van der Waals surface area contributed by atoms with Crippen LogP contribution in [0.1, 0.15) is 38.2 Å². The average molecular weight is 271 g/mol. The predicted molar refractivity (Wildman–Crippen MR) is 82.3 cm³/mol. The van der Waals surface area contributed by atoms with Crippen molar-refractivity contribution in [2.75, 3.05) is 26.2 Å². The summed E-state index contributed by atoms with van der Waals surface area (Å²) in [6.07, 6.45) is 4.80. The van der Waals surface area contributed by atoms with Gasteiger partial charge in [0.1, 0.15) is 5.54 Å². The van der Waals surface area contributed by atoms with Crippen LogP contribution in [0.15, 0.2) is 30.3 Å². The first kappa shape index (κ1) is 15.0. The van der Waals surface area contributed by atoms with E-state index in [1.165, 1.54) is 32.4 Å². The smallest absolute Gasteiger partial charge is 0.133 e. The zero-order valence-corrected chi connectivity index (χ0v) is 12.4. The van der Waals surface area contributed by atoms with Crippen LogP contribution in [0.4, 0.5) is 0 Å². The maximum Gasteiger partial charge on any atom is 0.133 e. The largest absolute Gasteiger partial charge is 0.303 e. The first-order valence-corrected chi connectivity index (χ1v) is 7.75.